The fourth-order valence-electron chi connectivity index (χ4n) is 2.23. The molecule has 0 spiro atoms. The molecule has 138 valence electrons. The van der Waals surface area contributed by atoms with Crippen LogP contribution in [0.1, 0.15) is 24.0 Å². The van der Waals surface area contributed by atoms with Gasteiger partial charge in [-0.2, -0.15) is 0 Å². The van der Waals surface area contributed by atoms with Gasteiger partial charge in [0, 0.05) is 12.1 Å². The van der Waals surface area contributed by atoms with E-state index in [2.05, 4.69) is 5.32 Å². The van der Waals surface area contributed by atoms with E-state index in [1.54, 1.807) is 24.3 Å². The van der Waals surface area contributed by atoms with Crippen molar-refractivity contribution in [1.29, 1.82) is 0 Å². The highest BCUT2D eigenvalue weighted by atomic mass is 16.5. The summed E-state index contributed by atoms with van der Waals surface area (Å²) in [5, 5.41) is 11.3. The van der Waals surface area contributed by atoms with Crippen molar-refractivity contribution in [1.82, 2.24) is 0 Å². The van der Waals surface area contributed by atoms with Crippen LogP contribution in [0.4, 0.5) is 5.69 Å². The third-order valence-corrected chi connectivity index (χ3v) is 3.80. The lowest BCUT2D eigenvalue weighted by atomic mass is 10.1. The van der Waals surface area contributed by atoms with E-state index in [0.29, 0.717) is 30.9 Å². The fraction of sp³-hybridized carbons (Fsp3) is 0.300. The highest BCUT2D eigenvalue weighted by Gasteiger charge is 2.04. The maximum Gasteiger partial charge on any atom is 0.341 e. The molecule has 6 nitrogen and oxygen atoms in total. The molecule has 0 saturated carbocycles. The zero-order valence-corrected chi connectivity index (χ0v) is 15.0. The number of carbonyl (C=O) groups excluding carboxylic acids is 1. The standard InChI is InChI=1S/C20H23NO5/c1-14-5-8-18(12-15(14)2)25-11-3-4-19(22)21-16-6-9-17(10-7-16)26-13-20(23)24/h5-10,12H,3-4,11,13H2,1-2H3,(H,21,22)(H,23,24). The van der Waals surface area contributed by atoms with Crippen molar-refractivity contribution in [2.24, 2.45) is 0 Å². The molecule has 1 amide bonds. The second kappa shape index (κ2) is 9.46. The van der Waals surface area contributed by atoms with E-state index in [1.165, 1.54) is 11.1 Å². The summed E-state index contributed by atoms with van der Waals surface area (Å²) in [6, 6.07) is 12.5. The normalized spacial score (nSPS) is 10.2. The average molecular weight is 357 g/mol. The largest absolute Gasteiger partial charge is 0.494 e. The second-order valence-electron chi connectivity index (χ2n) is 5.95. The molecule has 0 aliphatic carbocycles. The number of hydrogen-bond acceptors (Lipinski definition) is 4. The number of nitrogens with one attached hydrogen (secondary N) is 1. The Kier molecular flexibility index (Phi) is 7.02. The lowest BCUT2D eigenvalue weighted by Gasteiger charge is -2.09. The lowest BCUT2D eigenvalue weighted by Crippen LogP contribution is -2.13. The molecule has 0 radical (unpaired) electrons. The number of amides is 1. The van der Waals surface area contributed by atoms with Gasteiger partial charge in [0.15, 0.2) is 6.61 Å². The molecular weight excluding hydrogens is 334 g/mol. The predicted molar refractivity (Wildman–Crippen MR) is 98.8 cm³/mol. The van der Waals surface area contributed by atoms with Crippen molar-refractivity contribution >= 4 is 17.6 Å². The van der Waals surface area contributed by atoms with Crippen molar-refractivity contribution in [3.63, 3.8) is 0 Å². The molecule has 0 aliphatic rings. The van der Waals surface area contributed by atoms with Crippen molar-refractivity contribution < 1.29 is 24.2 Å². The Bertz CT molecular complexity index is 755. The van der Waals surface area contributed by atoms with Crippen LogP contribution in [0.5, 0.6) is 11.5 Å². The third kappa shape index (κ3) is 6.47. The average Bonchev–Trinajstić information content (AvgIpc) is 2.61. The Labute approximate surface area is 152 Å². The van der Waals surface area contributed by atoms with Gasteiger partial charge >= 0.3 is 5.97 Å². The smallest absolute Gasteiger partial charge is 0.341 e. The molecule has 2 aromatic carbocycles. The second-order valence-corrected chi connectivity index (χ2v) is 5.95. The first-order valence-corrected chi connectivity index (χ1v) is 8.38. The molecule has 0 aliphatic heterocycles. The number of benzene rings is 2. The number of anilines is 1. The Hall–Kier alpha value is -3.02. The fourth-order valence-corrected chi connectivity index (χ4v) is 2.23. The van der Waals surface area contributed by atoms with Gasteiger partial charge < -0.3 is 19.9 Å². The van der Waals surface area contributed by atoms with E-state index in [0.717, 1.165) is 5.75 Å². The summed E-state index contributed by atoms with van der Waals surface area (Å²) < 4.78 is 10.7. The molecule has 2 rings (SSSR count). The summed E-state index contributed by atoms with van der Waals surface area (Å²) in [4.78, 5) is 22.4. The van der Waals surface area contributed by atoms with Gasteiger partial charge in [0.05, 0.1) is 6.61 Å². The van der Waals surface area contributed by atoms with Gasteiger partial charge in [0.1, 0.15) is 11.5 Å². The summed E-state index contributed by atoms with van der Waals surface area (Å²) in [5.74, 6) is 0.107. The Balaban J connectivity index is 1.69. The van der Waals surface area contributed by atoms with Crippen LogP contribution in [0.15, 0.2) is 42.5 Å². The van der Waals surface area contributed by atoms with Crippen LogP contribution in [0.25, 0.3) is 0 Å². The molecule has 2 N–H and O–H groups in total. The molecule has 0 fully saturated rings. The minimum absolute atomic E-state index is 0.104. The lowest BCUT2D eigenvalue weighted by molar-refractivity contribution is -0.139. The van der Waals surface area contributed by atoms with Gasteiger partial charge in [-0.25, -0.2) is 4.79 Å². The maximum absolute atomic E-state index is 11.9. The number of carboxylic acids is 1. The van der Waals surface area contributed by atoms with Crippen LogP contribution >= 0.6 is 0 Å². The van der Waals surface area contributed by atoms with Gasteiger partial charge in [-0.05, 0) is 67.8 Å². The van der Waals surface area contributed by atoms with Gasteiger partial charge in [-0.1, -0.05) is 6.07 Å². The number of ether oxygens (including phenoxy) is 2. The van der Waals surface area contributed by atoms with Crippen LogP contribution in [-0.2, 0) is 9.59 Å². The quantitative estimate of drug-likeness (QED) is 0.670. The van der Waals surface area contributed by atoms with E-state index in [4.69, 9.17) is 14.6 Å². The summed E-state index contributed by atoms with van der Waals surface area (Å²) in [6.45, 7) is 4.16. The van der Waals surface area contributed by atoms with Crippen LogP contribution in [-0.4, -0.2) is 30.2 Å². The van der Waals surface area contributed by atoms with E-state index in [-0.39, 0.29) is 5.91 Å². The van der Waals surface area contributed by atoms with Gasteiger partial charge in [0.25, 0.3) is 0 Å². The Morgan fingerprint density at radius 3 is 2.31 bits per heavy atom. The zero-order chi connectivity index (χ0) is 18.9. The van der Waals surface area contributed by atoms with Crippen LogP contribution in [0, 0.1) is 13.8 Å². The monoisotopic (exact) mass is 357 g/mol. The predicted octanol–water partition coefficient (Wildman–Crippen LogP) is 3.56. The SMILES string of the molecule is Cc1ccc(OCCCC(=O)Nc2ccc(OCC(=O)O)cc2)cc1C. The molecule has 2 aromatic rings. The molecule has 0 bridgehead atoms. The molecule has 0 saturated heterocycles. The number of hydrogen-bond donors (Lipinski definition) is 2. The van der Waals surface area contributed by atoms with Crippen LogP contribution in [0.3, 0.4) is 0 Å². The number of carboxylic acid groups (broad SMARTS) is 1. The highest BCUT2D eigenvalue weighted by molar-refractivity contribution is 5.90. The Morgan fingerprint density at radius 2 is 1.65 bits per heavy atom. The van der Waals surface area contributed by atoms with Gasteiger partial charge in [-0.3, -0.25) is 4.79 Å². The van der Waals surface area contributed by atoms with Crippen LogP contribution < -0.4 is 14.8 Å². The molecule has 0 aromatic heterocycles. The molecule has 0 unspecified atom stereocenters. The van der Waals surface area contributed by atoms with Crippen molar-refractivity contribution in [3.8, 4) is 11.5 Å². The first kappa shape index (κ1) is 19.3. The molecule has 0 atom stereocenters. The van der Waals surface area contributed by atoms with E-state index < -0.39 is 12.6 Å². The summed E-state index contributed by atoms with van der Waals surface area (Å²) >= 11 is 0. The Morgan fingerprint density at radius 1 is 0.962 bits per heavy atom. The molecular formula is C20H23NO5. The highest BCUT2D eigenvalue weighted by Crippen LogP contribution is 2.17. The zero-order valence-electron chi connectivity index (χ0n) is 15.0. The van der Waals surface area contributed by atoms with Gasteiger partial charge in [0.2, 0.25) is 5.91 Å². The minimum atomic E-state index is -1.04. The topological polar surface area (TPSA) is 84.9 Å². The first-order chi connectivity index (χ1) is 12.4. The number of rotatable bonds is 9. The number of carbonyl (C=O) groups is 2. The summed E-state index contributed by atoms with van der Waals surface area (Å²) in [5.41, 5.74) is 3.03. The van der Waals surface area contributed by atoms with Crippen molar-refractivity contribution in [2.75, 3.05) is 18.5 Å². The minimum Gasteiger partial charge on any atom is -0.494 e. The molecule has 0 heterocycles. The molecule has 26 heavy (non-hydrogen) atoms. The number of aliphatic carboxylic acids is 1. The summed E-state index contributed by atoms with van der Waals surface area (Å²) in [6.07, 6.45) is 0.959. The molecule has 6 heteroatoms. The van der Waals surface area contributed by atoms with Crippen molar-refractivity contribution in [2.45, 2.75) is 26.7 Å². The van der Waals surface area contributed by atoms with Gasteiger partial charge in [-0.15, -0.1) is 0 Å². The summed E-state index contributed by atoms with van der Waals surface area (Å²) in [7, 11) is 0. The van der Waals surface area contributed by atoms with E-state index >= 15 is 0 Å². The third-order valence-electron chi connectivity index (χ3n) is 3.80. The van der Waals surface area contributed by atoms with Crippen LogP contribution in [0.2, 0.25) is 0 Å². The van der Waals surface area contributed by atoms with E-state index in [1.807, 2.05) is 32.0 Å². The maximum atomic E-state index is 11.9. The number of aryl methyl sites for hydroxylation is 2. The van der Waals surface area contributed by atoms with E-state index in [9.17, 15) is 9.59 Å². The van der Waals surface area contributed by atoms with Crippen molar-refractivity contribution in [3.05, 3.63) is 53.6 Å². The first-order valence-electron chi connectivity index (χ1n) is 8.38.